The molecule has 1 aromatic heterocycles. The van der Waals surface area contributed by atoms with Crippen molar-refractivity contribution < 1.29 is 14.6 Å². The number of benzene rings is 1. The molecule has 1 aromatic carbocycles. The van der Waals surface area contributed by atoms with Crippen molar-refractivity contribution in [3.63, 3.8) is 0 Å². The standard InChI is InChI=1S/C18H24ClN3O3/c1-13-10-16(5-6-17(13)19)25-12-15(23)11-21-18(24)20-8-7-14-4-3-9-22(14)2/h3-6,9-10,15,23H,7-8,11-12H2,1-2H3,(H2,20,21,24)/t15-/m0/s1. The monoisotopic (exact) mass is 365 g/mol. The van der Waals surface area contributed by atoms with Gasteiger partial charge in [-0.1, -0.05) is 11.6 Å². The number of carbonyl (C=O) groups excluding carboxylic acids is 1. The molecule has 2 rings (SSSR count). The second-order valence-corrected chi connectivity index (χ2v) is 6.28. The first-order valence-electron chi connectivity index (χ1n) is 8.14. The largest absolute Gasteiger partial charge is 0.491 e. The lowest BCUT2D eigenvalue weighted by Gasteiger charge is -2.14. The molecule has 136 valence electrons. The van der Waals surface area contributed by atoms with E-state index < -0.39 is 6.10 Å². The van der Waals surface area contributed by atoms with Crippen LogP contribution in [-0.2, 0) is 13.5 Å². The van der Waals surface area contributed by atoms with Crippen LogP contribution in [0.5, 0.6) is 5.75 Å². The first-order chi connectivity index (χ1) is 12.0. The third-order valence-electron chi connectivity index (χ3n) is 3.79. The van der Waals surface area contributed by atoms with Crippen molar-refractivity contribution in [2.75, 3.05) is 19.7 Å². The number of halogens is 1. The second kappa shape index (κ2) is 9.34. The van der Waals surface area contributed by atoms with Gasteiger partial charge in [0.1, 0.15) is 18.5 Å². The number of aromatic nitrogens is 1. The molecule has 0 radical (unpaired) electrons. The summed E-state index contributed by atoms with van der Waals surface area (Å²) in [6.45, 7) is 2.61. The summed E-state index contributed by atoms with van der Waals surface area (Å²) in [7, 11) is 1.97. The molecular formula is C18H24ClN3O3. The Bertz CT molecular complexity index is 703. The van der Waals surface area contributed by atoms with Gasteiger partial charge in [-0.15, -0.1) is 0 Å². The number of aryl methyl sites for hydroxylation is 2. The van der Waals surface area contributed by atoms with Crippen molar-refractivity contribution >= 4 is 17.6 Å². The zero-order valence-corrected chi connectivity index (χ0v) is 15.2. The number of hydrogen-bond acceptors (Lipinski definition) is 3. The Morgan fingerprint density at radius 2 is 2.16 bits per heavy atom. The highest BCUT2D eigenvalue weighted by molar-refractivity contribution is 6.31. The molecule has 0 spiro atoms. The molecule has 0 unspecified atom stereocenters. The fourth-order valence-electron chi connectivity index (χ4n) is 2.29. The van der Waals surface area contributed by atoms with Crippen LogP contribution in [0, 0.1) is 6.92 Å². The zero-order valence-electron chi connectivity index (χ0n) is 14.5. The van der Waals surface area contributed by atoms with Gasteiger partial charge >= 0.3 is 6.03 Å². The van der Waals surface area contributed by atoms with Crippen molar-refractivity contribution in [1.29, 1.82) is 0 Å². The minimum atomic E-state index is -0.797. The molecule has 0 saturated heterocycles. The predicted molar refractivity (Wildman–Crippen MR) is 98.2 cm³/mol. The average molecular weight is 366 g/mol. The molecule has 6 nitrogen and oxygen atoms in total. The Labute approximate surface area is 152 Å². The highest BCUT2D eigenvalue weighted by Crippen LogP contribution is 2.21. The Hall–Kier alpha value is -2.18. The quantitative estimate of drug-likeness (QED) is 0.671. The molecule has 0 fully saturated rings. The van der Waals surface area contributed by atoms with E-state index in [4.69, 9.17) is 16.3 Å². The fourth-order valence-corrected chi connectivity index (χ4v) is 2.41. The molecular weight excluding hydrogens is 342 g/mol. The minimum Gasteiger partial charge on any atom is -0.491 e. The molecule has 0 bridgehead atoms. The Morgan fingerprint density at radius 3 is 2.84 bits per heavy atom. The number of rotatable bonds is 8. The number of carbonyl (C=O) groups is 1. The number of urea groups is 1. The van der Waals surface area contributed by atoms with Crippen molar-refractivity contribution in [1.82, 2.24) is 15.2 Å². The molecule has 7 heteroatoms. The summed E-state index contributed by atoms with van der Waals surface area (Å²) in [5.41, 5.74) is 2.05. The summed E-state index contributed by atoms with van der Waals surface area (Å²) in [4.78, 5) is 11.7. The summed E-state index contributed by atoms with van der Waals surface area (Å²) in [6, 6.07) is 8.96. The van der Waals surface area contributed by atoms with Gasteiger partial charge in [-0.3, -0.25) is 0 Å². The van der Waals surface area contributed by atoms with Crippen molar-refractivity contribution in [3.8, 4) is 5.75 Å². The smallest absolute Gasteiger partial charge is 0.314 e. The van der Waals surface area contributed by atoms with E-state index in [2.05, 4.69) is 10.6 Å². The molecule has 0 aliphatic heterocycles. The summed E-state index contributed by atoms with van der Waals surface area (Å²) >= 11 is 5.95. The van der Waals surface area contributed by atoms with E-state index in [9.17, 15) is 9.90 Å². The van der Waals surface area contributed by atoms with Gasteiger partial charge in [0.25, 0.3) is 0 Å². The lowest BCUT2D eigenvalue weighted by atomic mass is 10.2. The van der Waals surface area contributed by atoms with Gasteiger partial charge in [0, 0.05) is 43.5 Å². The lowest BCUT2D eigenvalue weighted by Crippen LogP contribution is -2.42. The summed E-state index contributed by atoms with van der Waals surface area (Å²) in [5.74, 6) is 0.632. The van der Waals surface area contributed by atoms with Gasteiger partial charge in [-0.2, -0.15) is 0 Å². The first kappa shape index (κ1) is 19.1. The van der Waals surface area contributed by atoms with Gasteiger partial charge in [0.2, 0.25) is 0 Å². The molecule has 3 N–H and O–H groups in total. The zero-order chi connectivity index (χ0) is 18.2. The summed E-state index contributed by atoms with van der Waals surface area (Å²) in [6.07, 6.45) is 1.92. The molecule has 1 atom stereocenters. The van der Waals surface area contributed by atoms with Gasteiger partial charge in [-0.05, 0) is 42.8 Å². The number of amides is 2. The van der Waals surface area contributed by atoms with Crippen LogP contribution >= 0.6 is 11.6 Å². The van der Waals surface area contributed by atoms with Crippen molar-refractivity contribution in [2.24, 2.45) is 7.05 Å². The van der Waals surface area contributed by atoms with Crippen LogP contribution in [0.4, 0.5) is 4.79 Å². The van der Waals surface area contributed by atoms with E-state index >= 15 is 0 Å². The number of aliphatic hydroxyl groups is 1. The first-order valence-corrected chi connectivity index (χ1v) is 8.52. The second-order valence-electron chi connectivity index (χ2n) is 5.87. The van der Waals surface area contributed by atoms with E-state index in [1.54, 1.807) is 18.2 Å². The highest BCUT2D eigenvalue weighted by atomic mass is 35.5. The maximum atomic E-state index is 11.7. The van der Waals surface area contributed by atoms with E-state index in [1.165, 1.54) is 0 Å². The van der Waals surface area contributed by atoms with E-state index in [0.29, 0.717) is 17.3 Å². The highest BCUT2D eigenvalue weighted by Gasteiger charge is 2.08. The van der Waals surface area contributed by atoms with Crippen LogP contribution in [0.25, 0.3) is 0 Å². The Balaban J connectivity index is 1.62. The minimum absolute atomic E-state index is 0.0880. The van der Waals surface area contributed by atoms with E-state index in [1.807, 2.05) is 36.9 Å². The van der Waals surface area contributed by atoms with Crippen LogP contribution in [0.15, 0.2) is 36.5 Å². The van der Waals surface area contributed by atoms with Crippen LogP contribution in [0.2, 0.25) is 5.02 Å². The van der Waals surface area contributed by atoms with Gasteiger partial charge < -0.3 is 25.0 Å². The number of nitrogens with one attached hydrogen (secondary N) is 2. The number of ether oxygens (including phenoxy) is 1. The molecule has 1 heterocycles. The van der Waals surface area contributed by atoms with Gasteiger partial charge in [0.05, 0.1) is 0 Å². The van der Waals surface area contributed by atoms with Crippen LogP contribution in [0.1, 0.15) is 11.3 Å². The molecule has 0 aliphatic carbocycles. The SMILES string of the molecule is Cc1cc(OC[C@@H](O)CNC(=O)NCCc2cccn2C)ccc1Cl. The topological polar surface area (TPSA) is 75.5 Å². The van der Waals surface area contributed by atoms with Gasteiger partial charge in [-0.25, -0.2) is 4.79 Å². The third-order valence-corrected chi connectivity index (χ3v) is 4.21. The van der Waals surface area contributed by atoms with Crippen molar-refractivity contribution in [3.05, 3.63) is 52.8 Å². The van der Waals surface area contributed by atoms with Crippen LogP contribution in [0.3, 0.4) is 0 Å². The fraction of sp³-hybridized carbons (Fsp3) is 0.389. The van der Waals surface area contributed by atoms with Crippen LogP contribution in [-0.4, -0.2) is 41.5 Å². The van der Waals surface area contributed by atoms with E-state index in [-0.39, 0.29) is 19.2 Å². The number of aliphatic hydroxyl groups excluding tert-OH is 1. The van der Waals surface area contributed by atoms with E-state index in [0.717, 1.165) is 17.7 Å². The molecule has 0 saturated carbocycles. The molecule has 2 amide bonds. The molecule has 2 aromatic rings. The molecule has 0 aliphatic rings. The van der Waals surface area contributed by atoms with Crippen molar-refractivity contribution in [2.45, 2.75) is 19.4 Å². The maximum absolute atomic E-state index is 11.7. The number of nitrogens with zero attached hydrogens (tertiary/aromatic N) is 1. The summed E-state index contributed by atoms with van der Waals surface area (Å²) in [5, 5.41) is 16.0. The normalized spacial score (nSPS) is 11.8. The maximum Gasteiger partial charge on any atom is 0.314 e. The Kier molecular flexibility index (Phi) is 7.16. The number of hydrogen-bond donors (Lipinski definition) is 3. The average Bonchev–Trinajstić information content (AvgIpc) is 2.99. The summed E-state index contributed by atoms with van der Waals surface area (Å²) < 4.78 is 7.51. The Morgan fingerprint density at radius 1 is 1.36 bits per heavy atom. The molecule has 25 heavy (non-hydrogen) atoms. The van der Waals surface area contributed by atoms with Gasteiger partial charge in [0.15, 0.2) is 0 Å². The van der Waals surface area contributed by atoms with Crippen LogP contribution < -0.4 is 15.4 Å². The lowest BCUT2D eigenvalue weighted by molar-refractivity contribution is 0.108. The third kappa shape index (κ3) is 6.32. The predicted octanol–water partition coefficient (Wildman–Crippen LogP) is 2.27.